The Kier molecular flexibility index (Phi) is 5.02. The number of carbonyl (C=O) groups is 1. The number of rotatable bonds is 8. The molecule has 0 radical (unpaired) electrons. The molecule has 1 heterocycles. The van der Waals surface area contributed by atoms with Crippen LogP contribution in [0.25, 0.3) is 0 Å². The van der Waals surface area contributed by atoms with Gasteiger partial charge in [-0.2, -0.15) is 0 Å². The molecule has 2 rings (SSSR count). The minimum atomic E-state index is 0.124. The molecule has 1 unspecified atom stereocenters. The van der Waals surface area contributed by atoms with Crippen molar-refractivity contribution in [1.29, 1.82) is 0 Å². The molecule has 0 spiro atoms. The lowest BCUT2D eigenvalue weighted by Gasteiger charge is -2.15. The zero-order valence-corrected chi connectivity index (χ0v) is 12.0. The normalized spacial score (nSPS) is 16.3. The van der Waals surface area contributed by atoms with Crippen LogP contribution < -0.4 is 10.6 Å². The Balaban J connectivity index is 1.87. The number of nitrogens with one attached hydrogen (secondary N) is 2. The maximum absolute atomic E-state index is 11.7. The summed E-state index contributed by atoms with van der Waals surface area (Å²) in [5.41, 5.74) is 1.27. The van der Waals surface area contributed by atoms with Gasteiger partial charge in [-0.25, -0.2) is 0 Å². The van der Waals surface area contributed by atoms with Gasteiger partial charge in [-0.05, 0) is 43.9 Å². The molecule has 1 saturated carbocycles. The van der Waals surface area contributed by atoms with E-state index in [4.69, 9.17) is 0 Å². The van der Waals surface area contributed by atoms with Crippen LogP contribution in [0, 0.1) is 0 Å². The van der Waals surface area contributed by atoms with Crippen molar-refractivity contribution < 1.29 is 4.79 Å². The summed E-state index contributed by atoms with van der Waals surface area (Å²) in [6, 6.07) is 2.95. The zero-order valence-electron chi connectivity index (χ0n) is 12.0. The monoisotopic (exact) mass is 263 g/mol. The summed E-state index contributed by atoms with van der Waals surface area (Å²) in [5.74, 6) is 0.124. The first kappa shape index (κ1) is 14.1. The Labute approximate surface area is 115 Å². The summed E-state index contributed by atoms with van der Waals surface area (Å²) in [7, 11) is 0. The lowest BCUT2D eigenvalue weighted by Crippen LogP contribution is -2.28. The minimum absolute atomic E-state index is 0.124. The number of nitrogens with zero attached hydrogens (tertiary/aromatic N) is 1. The van der Waals surface area contributed by atoms with Gasteiger partial charge in [0, 0.05) is 24.5 Å². The van der Waals surface area contributed by atoms with E-state index in [1.807, 2.05) is 10.8 Å². The first-order chi connectivity index (χ1) is 9.22. The van der Waals surface area contributed by atoms with Gasteiger partial charge in [0.25, 0.3) is 0 Å². The molecule has 4 nitrogen and oxygen atoms in total. The molecule has 19 heavy (non-hydrogen) atoms. The lowest BCUT2D eigenvalue weighted by molar-refractivity contribution is -0.121. The fraction of sp³-hybridized carbons (Fsp3) is 0.667. The van der Waals surface area contributed by atoms with Crippen molar-refractivity contribution >= 4 is 5.91 Å². The standard InChI is InChI=1S/C15H25N3O/c1-3-8-16-14(4-2)12-7-9-18(10-12)11-15(19)17-13-5-6-13/h7,9-10,13-14,16H,3-6,8,11H2,1-2H3,(H,17,19). The maximum atomic E-state index is 11.7. The second-order valence-corrected chi connectivity index (χ2v) is 5.37. The molecular formula is C15H25N3O. The first-order valence-corrected chi connectivity index (χ1v) is 7.41. The van der Waals surface area contributed by atoms with Gasteiger partial charge in [0.05, 0.1) is 0 Å². The number of amides is 1. The van der Waals surface area contributed by atoms with E-state index in [0.717, 1.165) is 32.2 Å². The third-order valence-electron chi connectivity index (χ3n) is 3.49. The molecule has 0 saturated heterocycles. The van der Waals surface area contributed by atoms with Crippen molar-refractivity contribution in [3.05, 3.63) is 24.0 Å². The molecule has 2 N–H and O–H groups in total. The average molecular weight is 263 g/mol. The highest BCUT2D eigenvalue weighted by Crippen LogP contribution is 2.19. The van der Waals surface area contributed by atoms with Gasteiger partial charge in [-0.1, -0.05) is 13.8 Å². The zero-order chi connectivity index (χ0) is 13.7. The Morgan fingerprint density at radius 2 is 2.26 bits per heavy atom. The molecular weight excluding hydrogens is 238 g/mol. The van der Waals surface area contributed by atoms with E-state index in [1.54, 1.807) is 0 Å². The van der Waals surface area contributed by atoms with Crippen molar-refractivity contribution in [2.24, 2.45) is 0 Å². The van der Waals surface area contributed by atoms with E-state index >= 15 is 0 Å². The van der Waals surface area contributed by atoms with Crippen LogP contribution in [0.15, 0.2) is 18.5 Å². The molecule has 1 aliphatic rings. The lowest BCUT2D eigenvalue weighted by atomic mass is 10.1. The third kappa shape index (κ3) is 4.39. The largest absolute Gasteiger partial charge is 0.352 e. The van der Waals surface area contributed by atoms with E-state index in [2.05, 4.69) is 36.7 Å². The Hall–Kier alpha value is -1.29. The predicted molar refractivity (Wildman–Crippen MR) is 76.9 cm³/mol. The van der Waals surface area contributed by atoms with E-state index in [-0.39, 0.29) is 5.91 Å². The Morgan fingerprint density at radius 1 is 1.47 bits per heavy atom. The van der Waals surface area contributed by atoms with Crippen molar-refractivity contribution in [2.75, 3.05) is 6.54 Å². The van der Waals surface area contributed by atoms with Crippen molar-refractivity contribution in [3.63, 3.8) is 0 Å². The van der Waals surface area contributed by atoms with Crippen molar-refractivity contribution in [3.8, 4) is 0 Å². The molecule has 1 aliphatic carbocycles. The number of carbonyl (C=O) groups excluding carboxylic acids is 1. The molecule has 0 aromatic carbocycles. The molecule has 1 fully saturated rings. The van der Waals surface area contributed by atoms with Gasteiger partial charge in [0.1, 0.15) is 6.54 Å². The number of hydrogen-bond acceptors (Lipinski definition) is 2. The van der Waals surface area contributed by atoms with Crippen molar-refractivity contribution in [2.45, 2.75) is 58.2 Å². The second-order valence-electron chi connectivity index (χ2n) is 5.37. The van der Waals surface area contributed by atoms with Crippen LogP contribution in [0.2, 0.25) is 0 Å². The van der Waals surface area contributed by atoms with Gasteiger partial charge >= 0.3 is 0 Å². The summed E-state index contributed by atoms with van der Waals surface area (Å²) < 4.78 is 1.98. The minimum Gasteiger partial charge on any atom is -0.352 e. The molecule has 1 aromatic rings. The summed E-state index contributed by atoms with van der Waals surface area (Å²) in [5, 5.41) is 6.54. The first-order valence-electron chi connectivity index (χ1n) is 7.41. The van der Waals surface area contributed by atoms with Crippen LogP contribution >= 0.6 is 0 Å². The topological polar surface area (TPSA) is 46.1 Å². The smallest absolute Gasteiger partial charge is 0.240 e. The van der Waals surface area contributed by atoms with Crippen LogP contribution in [0.5, 0.6) is 0 Å². The van der Waals surface area contributed by atoms with E-state index < -0.39 is 0 Å². The average Bonchev–Trinajstić information content (AvgIpc) is 3.08. The van der Waals surface area contributed by atoms with E-state index in [0.29, 0.717) is 18.6 Å². The molecule has 4 heteroatoms. The Bertz CT molecular complexity index is 409. The SMILES string of the molecule is CCCNC(CC)c1ccn(CC(=O)NC2CC2)c1. The fourth-order valence-electron chi connectivity index (χ4n) is 2.25. The van der Waals surface area contributed by atoms with E-state index in [9.17, 15) is 4.79 Å². The maximum Gasteiger partial charge on any atom is 0.240 e. The van der Waals surface area contributed by atoms with Gasteiger partial charge in [-0.3, -0.25) is 4.79 Å². The molecule has 1 aromatic heterocycles. The van der Waals surface area contributed by atoms with Gasteiger partial charge < -0.3 is 15.2 Å². The second kappa shape index (κ2) is 6.75. The van der Waals surface area contributed by atoms with Crippen LogP contribution in [0.4, 0.5) is 0 Å². The summed E-state index contributed by atoms with van der Waals surface area (Å²) in [6.07, 6.45) is 8.57. The summed E-state index contributed by atoms with van der Waals surface area (Å²) in [6.45, 7) is 5.82. The molecule has 1 atom stereocenters. The van der Waals surface area contributed by atoms with E-state index in [1.165, 1.54) is 5.56 Å². The van der Waals surface area contributed by atoms with Gasteiger partial charge in [-0.15, -0.1) is 0 Å². The van der Waals surface area contributed by atoms with Crippen LogP contribution in [-0.2, 0) is 11.3 Å². The number of hydrogen-bond donors (Lipinski definition) is 2. The van der Waals surface area contributed by atoms with Crippen molar-refractivity contribution in [1.82, 2.24) is 15.2 Å². The fourth-order valence-corrected chi connectivity index (χ4v) is 2.25. The Morgan fingerprint density at radius 3 is 2.89 bits per heavy atom. The predicted octanol–water partition coefficient (Wildman–Crippen LogP) is 2.22. The third-order valence-corrected chi connectivity index (χ3v) is 3.49. The summed E-state index contributed by atoms with van der Waals surface area (Å²) in [4.78, 5) is 11.7. The van der Waals surface area contributed by atoms with Gasteiger partial charge in [0.15, 0.2) is 0 Å². The molecule has 1 amide bonds. The summed E-state index contributed by atoms with van der Waals surface area (Å²) >= 11 is 0. The van der Waals surface area contributed by atoms with Crippen LogP contribution in [-0.4, -0.2) is 23.1 Å². The molecule has 0 aliphatic heterocycles. The van der Waals surface area contributed by atoms with Crippen LogP contribution in [0.1, 0.15) is 51.1 Å². The highest BCUT2D eigenvalue weighted by molar-refractivity contribution is 5.76. The van der Waals surface area contributed by atoms with Gasteiger partial charge in [0.2, 0.25) is 5.91 Å². The molecule has 0 bridgehead atoms. The molecule has 106 valence electrons. The number of aromatic nitrogens is 1. The van der Waals surface area contributed by atoms with Crippen LogP contribution in [0.3, 0.4) is 0 Å². The quantitative estimate of drug-likeness (QED) is 0.755. The highest BCUT2D eigenvalue weighted by Gasteiger charge is 2.23. The highest BCUT2D eigenvalue weighted by atomic mass is 16.2.